The van der Waals surface area contributed by atoms with Crippen molar-refractivity contribution >= 4 is 17.2 Å². The number of hydrogen-bond donors (Lipinski definition) is 1. The predicted molar refractivity (Wildman–Crippen MR) is 122 cm³/mol. The Kier molecular flexibility index (Phi) is 5.98. The first-order valence-electron chi connectivity index (χ1n) is 10.6. The molecule has 1 N–H and O–H groups in total. The molecule has 4 nitrogen and oxygen atoms in total. The van der Waals surface area contributed by atoms with Crippen molar-refractivity contribution in [3.8, 4) is 11.8 Å². The molecule has 1 amide bonds. The number of benzene rings is 1. The minimum Gasteiger partial charge on any atom is -0.357 e. The zero-order valence-electron chi connectivity index (χ0n) is 18.2. The molecule has 1 aromatic carbocycles. The van der Waals surface area contributed by atoms with Gasteiger partial charge in [-0.2, -0.15) is 8.78 Å². The molecule has 1 aliphatic heterocycles. The summed E-state index contributed by atoms with van der Waals surface area (Å²) in [5.41, 5.74) is -3.02. The van der Waals surface area contributed by atoms with Crippen molar-refractivity contribution in [2.24, 2.45) is 0 Å². The van der Waals surface area contributed by atoms with Gasteiger partial charge in [-0.1, -0.05) is 24.0 Å². The molecule has 0 radical (unpaired) electrons. The lowest BCUT2D eigenvalue weighted by Crippen LogP contribution is -2.34. The van der Waals surface area contributed by atoms with Crippen LogP contribution in [0.5, 0.6) is 0 Å². The minimum absolute atomic E-state index is 0.330. The minimum atomic E-state index is -3.68. The van der Waals surface area contributed by atoms with Crippen LogP contribution in [0.1, 0.15) is 31.4 Å². The van der Waals surface area contributed by atoms with Gasteiger partial charge in [0, 0.05) is 23.4 Å². The van der Waals surface area contributed by atoms with Crippen LogP contribution in [0.4, 0.5) is 22.0 Å². The number of carbonyl (C=O) groups excluding carboxylic acids is 1. The number of nitrogens with one attached hydrogen (secondary N) is 1. The maximum atomic E-state index is 15.2. The van der Waals surface area contributed by atoms with Gasteiger partial charge in [0.15, 0.2) is 5.60 Å². The van der Waals surface area contributed by atoms with E-state index in [0.29, 0.717) is 21.4 Å². The van der Waals surface area contributed by atoms with Crippen LogP contribution in [0.15, 0.2) is 72.7 Å². The molecule has 2 atom stereocenters. The van der Waals surface area contributed by atoms with E-state index < -0.39 is 58.8 Å². The number of alkyl halides is 2. The highest BCUT2D eigenvalue weighted by atomic mass is 32.1. The standard InChI is InChI=1S/C26H15F5N2O2S/c27-16-6-9-18(20(29)12-16)25(14-35-25)26(30,31)23-11-5-15(13-32-23)4-7-17-8-10-22(36-17)24(34)33-21-3-1-2-19(21)28/h1-3,5-6,8-13,21H,14H2,(H,33,34). The fraction of sp³-hybridized carbons (Fsp3) is 0.154. The molecule has 36 heavy (non-hydrogen) atoms. The summed E-state index contributed by atoms with van der Waals surface area (Å²) in [6.07, 6.45) is 5.45. The summed E-state index contributed by atoms with van der Waals surface area (Å²) in [4.78, 5) is 17.0. The van der Waals surface area contributed by atoms with Crippen molar-refractivity contribution in [1.29, 1.82) is 0 Å². The number of ether oxygens (including phenoxy) is 1. The lowest BCUT2D eigenvalue weighted by Gasteiger charge is -2.24. The summed E-state index contributed by atoms with van der Waals surface area (Å²) in [6.45, 7) is -0.444. The SMILES string of the molecule is O=C(NC1C=CC=C1F)c1ccc(C#Cc2ccc(C(F)(F)C3(c4ccc(F)cc4F)CO3)nc2)s1. The average molecular weight is 514 g/mol. The monoisotopic (exact) mass is 514 g/mol. The third-order valence-corrected chi connectivity index (χ3v) is 6.69. The molecule has 5 rings (SSSR count). The number of thiophene rings is 1. The van der Waals surface area contributed by atoms with Crippen molar-refractivity contribution in [2.75, 3.05) is 6.61 Å². The molecule has 1 aliphatic carbocycles. The fourth-order valence-corrected chi connectivity index (χ4v) is 4.46. The number of allylic oxidation sites excluding steroid dienone is 2. The summed E-state index contributed by atoms with van der Waals surface area (Å²) in [5.74, 6) is -0.984. The number of aromatic nitrogens is 1. The molecule has 1 saturated heterocycles. The number of pyridine rings is 1. The summed E-state index contributed by atoms with van der Waals surface area (Å²) in [7, 11) is 0. The van der Waals surface area contributed by atoms with Gasteiger partial charge in [-0.3, -0.25) is 9.78 Å². The van der Waals surface area contributed by atoms with Gasteiger partial charge in [0.1, 0.15) is 23.2 Å². The Morgan fingerprint density at radius 3 is 2.58 bits per heavy atom. The van der Waals surface area contributed by atoms with Gasteiger partial charge < -0.3 is 10.1 Å². The van der Waals surface area contributed by atoms with Crippen LogP contribution in [0, 0.1) is 23.5 Å². The smallest absolute Gasteiger partial charge is 0.324 e. The third kappa shape index (κ3) is 4.32. The van der Waals surface area contributed by atoms with E-state index in [1.807, 2.05) is 0 Å². The van der Waals surface area contributed by atoms with E-state index in [-0.39, 0.29) is 0 Å². The molecule has 0 bridgehead atoms. The van der Waals surface area contributed by atoms with Crippen molar-refractivity contribution in [3.63, 3.8) is 0 Å². The van der Waals surface area contributed by atoms with Crippen molar-refractivity contribution in [3.05, 3.63) is 111 Å². The van der Waals surface area contributed by atoms with Crippen LogP contribution in [0.3, 0.4) is 0 Å². The largest absolute Gasteiger partial charge is 0.357 e. The van der Waals surface area contributed by atoms with Crippen molar-refractivity contribution in [2.45, 2.75) is 17.6 Å². The van der Waals surface area contributed by atoms with Gasteiger partial charge in [-0.05, 0) is 42.5 Å². The first kappa shape index (κ1) is 23.9. The van der Waals surface area contributed by atoms with Gasteiger partial charge in [0.2, 0.25) is 0 Å². The number of nitrogens with zero attached hydrogens (tertiary/aromatic N) is 1. The highest BCUT2D eigenvalue weighted by Gasteiger charge is 2.68. The van der Waals surface area contributed by atoms with Crippen molar-refractivity contribution in [1.82, 2.24) is 10.3 Å². The number of rotatable bonds is 5. The zero-order valence-corrected chi connectivity index (χ0v) is 19.0. The van der Waals surface area contributed by atoms with E-state index in [1.165, 1.54) is 24.3 Å². The summed E-state index contributed by atoms with van der Waals surface area (Å²) in [5, 5.41) is 2.55. The van der Waals surface area contributed by atoms with Crippen LogP contribution in [-0.4, -0.2) is 23.5 Å². The normalized spacial score (nSPS) is 20.5. The first-order valence-corrected chi connectivity index (χ1v) is 11.4. The van der Waals surface area contributed by atoms with Crippen LogP contribution < -0.4 is 5.32 Å². The number of hydrogen-bond acceptors (Lipinski definition) is 4. The molecule has 182 valence electrons. The molecule has 1 fully saturated rings. The van der Waals surface area contributed by atoms with Crippen LogP contribution in [0.25, 0.3) is 0 Å². The third-order valence-electron chi connectivity index (χ3n) is 5.69. The van der Waals surface area contributed by atoms with Gasteiger partial charge >= 0.3 is 5.92 Å². The summed E-state index contributed by atoms with van der Waals surface area (Å²) >= 11 is 1.09. The number of carbonyl (C=O) groups is 1. The second-order valence-electron chi connectivity index (χ2n) is 8.05. The Morgan fingerprint density at radius 2 is 1.94 bits per heavy atom. The number of epoxide rings is 1. The van der Waals surface area contributed by atoms with Gasteiger partial charge in [-0.25, -0.2) is 13.2 Å². The van der Waals surface area contributed by atoms with Gasteiger partial charge in [-0.15, -0.1) is 11.3 Å². The Balaban J connectivity index is 1.30. The van der Waals surface area contributed by atoms with Crippen LogP contribution >= 0.6 is 11.3 Å². The van der Waals surface area contributed by atoms with E-state index in [1.54, 1.807) is 12.1 Å². The highest BCUT2D eigenvalue weighted by molar-refractivity contribution is 7.14. The van der Waals surface area contributed by atoms with Crippen LogP contribution in [-0.2, 0) is 16.3 Å². The maximum absolute atomic E-state index is 15.2. The van der Waals surface area contributed by atoms with Gasteiger partial charge in [0.25, 0.3) is 5.91 Å². The molecule has 3 heterocycles. The van der Waals surface area contributed by atoms with Gasteiger partial charge in [0.05, 0.1) is 22.4 Å². The second kappa shape index (κ2) is 9.00. The quantitative estimate of drug-likeness (QED) is 0.283. The molecular formula is C26H15F5N2O2S. The first-order chi connectivity index (χ1) is 17.2. The summed E-state index contributed by atoms with van der Waals surface area (Å²) < 4.78 is 76.4. The lowest BCUT2D eigenvalue weighted by atomic mass is 9.90. The molecule has 2 aromatic heterocycles. The summed E-state index contributed by atoms with van der Waals surface area (Å²) in [6, 6.07) is 7.14. The molecule has 10 heteroatoms. The predicted octanol–water partition coefficient (Wildman–Crippen LogP) is 5.36. The lowest BCUT2D eigenvalue weighted by molar-refractivity contribution is -0.0901. The molecular weight excluding hydrogens is 499 g/mol. The molecule has 0 saturated carbocycles. The van der Waals surface area contributed by atoms with E-state index in [2.05, 4.69) is 22.1 Å². The van der Waals surface area contributed by atoms with E-state index in [0.717, 1.165) is 35.7 Å². The molecule has 2 aliphatic rings. The highest BCUT2D eigenvalue weighted by Crippen LogP contribution is 2.56. The Labute approximate surface area is 206 Å². The Morgan fingerprint density at radius 1 is 1.14 bits per heavy atom. The zero-order chi connectivity index (χ0) is 25.5. The maximum Gasteiger partial charge on any atom is 0.324 e. The van der Waals surface area contributed by atoms with E-state index in [9.17, 15) is 18.0 Å². The van der Waals surface area contributed by atoms with Crippen molar-refractivity contribution < 1.29 is 31.5 Å². The number of halogens is 5. The second-order valence-corrected chi connectivity index (χ2v) is 9.13. The Hall–Kier alpha value is -3.81. The topological polar surface area (TPSA) is 54.5 Å². The fourth-order valence-electron chi connectivity index (χ4n) is 3.70. The number of amides is 1. The van der Waals surface area contributed by atoms with E-state index >= 15 is 8.78 Å². The Bertz CT molecular complexity index is 1460. The molecule has 0 spiro atoms. The molecule has 2 unspecified atom stereocenters. The van der Waals surface area contributed by atoms with E-state index in [4.69, 9.17) is 4.74 Å². The molecule has 3 aromatic rings. The van der Waals surface area contributed by atoms with Crippen LogP contribution in [0.2, 0.25) is 0 Å². The average Bonchev–Trinajstić information content (AvgIpc) is 3.36.